The summed E-state index contributed by atoms with van der Waals surface area (Å²) in [6.07, 6.45) is 1.06. The number of carbonyl (C=O) groups is 1. The minimum absolute atomic E-state index is 0.00227. The lowest BCUT2D eigenvalue weighted by Gasteiger charge is -2.24. The van der Waals surface area contributed by atoms with Crippen LogP contribution in [0.15, 0.2) is 34.8 Å². The molecule has 5 rings (SSSR count). The molecular formula is C23H22BrFO4. The van der Waals surface area contributed by atoms with Crippen molar-refractivity contribution < 1.29 is 23.8 Å². The maximum atomic E-state index is 14.1. The summed E-state index contributed by atoms with van der Waals surface area (Å²) in [5.74, 6) is -0.542. The summed E-state index contributed by atoms with van der Waals surface area (Å²) >= 11 is 3.24. The van der Waals surface area contributed by atoms with Gasteiger partial charge in [-0.3, -0.25) is 4.79 Å². The van der Waals surface area contributed by atoms with Gasteiger partial charge in [-0.05, 0) is 73.7 Å². The first-order valence-corrected chi connectivity index (χ1v) is 10.8. The van der Waals surface area contributed by atoms with Gasteiger partial charge in [0.25, 0.3) is 0 Å². The summed E-state index contributed by atoms with van der Waals surface area (Å²) < 4.78 is 26.4. The molecule has 3 fully saturated rings. The predicted octanol–water partition coefficient (Wildman–Crippen LogP) is 4.82. The van der Waals surface area contributed by atoms with E-state index in [1.165, 1.54) is 6.07 Å². The van der Waals surface area contributed by atoms with Crippen LogP contribution in [0.3, 0.4) is 0 Å². The number of hydrogen-bond donors (Lipinski definition) is 1. The number of aliphatic hydroxyl groups is 1. The smallest absolute Gasteiger partial charge is 0.166 e. The molecule has 4 nitrogen and oxygen atoms in total. The van der Waals surface area contributed by atoms with E-state index in [0.717, 1.165) is 29.5 Å². The number of hydrogen-bond acceptors (Lipinski definition) is 4. The van der Waals surface area contributed by atoms with Gasteiger partial charge in [0.2, 0.25) is 0 Å². The van der Waals surface area contributed by atoms with E-state index in [1.807, 2.05) is 26.0 Å². The molecule has 29 heavy (non-hydrogen) atoms. The van der Waals surface area contributed by atoms with Crippen LogP contribution in [0.5, 0.6) is 11.5 Å². The number of Topliss-reactive ketones (excluding diaryl/α,β-unsaturated/α-hetero) is 1. The van der Waals surface area contributed by atoms with Crippen molar-refractivity contribution in [3.8, 4) is 11.5 Å². The molecule has 2 saturated heterocycles. The van der Waals surface area contributed by atoms with Crippen LogP contribution in [0, 0.1) is 31.5 Å². The van der Waals surface area contributed by atoms with E-state index < -0.39 is 17.8 Å². The lowest BCUT2D eigenvalue weighted by atomic mass is 9.81. The Hall–Kier alpha value is -1.76. The van der Waals surface area contributed by atoms with Gasteiger partial charge in [-0.1, -0.05) is 15.9 Å². The summed E-state index contributed by atoms with van der Waals surface area (Å²) in [5, 5.41) is 11.0. The molecule has 1 aliphatic carbocycles. The number of ketones is 1. The fourth-order valence-electron chi connectivity index (χ4n) is 5.60. The standard InChI is InChI=1S/C23H22BrFO4/c1-10-7-13(28-15-4-3-12(24)9-14(15)25)8-11(2)18(10)21-22(26)19-16-5-6-17(29-16)20(19)23(21)27/h3-4,7-9,16-17,19-22,26H,5-6H2,1-2H3. The molecule has 6 unspecified atom stereocenters. The number of fused-ring (bicyclic) bond motifs is 5. The summed E-state index contributed by atoms with van der Waals surface area (Å²) in [4.78, 5) is 13.2. The van der Waals surface area contributed by atoms with Crippen LogP contribution in [-0.4, -0.2) is 29.2 Å². The van der Waals surface area contributed by atoms with Gasteiger partial charge in [0.1, 0.15) is 11.5 Å². The molecule has 3 aliphatic rings. The number of ether oxygens (including phenoxy) is 2. The lowest BCUT2D eigenvalue weighted by Crippen LogP contribution is -2.31. The van der Waals surface area contributed by atoms with Crippen molar-refractivity contribution >= 4 is 21.7 Å². The molecule has 6 heteroatoms. The second kappa shape index (κ2) is 6.89. The number of aryl methyl sites for hydroxylation is 2. The second-order valence-electron chi connectivity index (χ2n) is 8.41. The van der Waals surface area contributed by atoms with E-state index in [2.05, 4.69) is 15.9 Å². The van der Waals surface area contributed by atoms with E-state index in [9.17, 15) is 14.3 Å². The van der Waals surface area contributed by atoms with Crippen LogP contribution < -0.4 is 4.74 Å². The molecule has 152 valence electrons. The van der Waals surface area contributed by atoms with Crippen LogP contribution in [0.2, 0.25) is 0 Å². The van der Waals surface area contributed by atoms with Gasteiger partial charge in [0, 0.05) is 10.4 Å². The molecule has 0 aromatic heterocycles. The normalized spacial score (nSPS) is 32.7. The summed E-state index contributed by atoms with van der Waals surface area (Å²) in [5.41, 5.74) is 2.59. The summed E-state index contributed by atoms with van der Waals surface area (Å²) in [7, 11) is 0. The van der Waals surface area contributed by atoms with Gasteiger partial charge in [-0.2, -0.15) is 0 Å². The van der Waals surface area contributed by atoms with Gasteiger partial charge in [0.15, 0.2) is 11.6 Å². The van der Waals surface area contributed by atoms with E-state index >= 15 is 0 Å². The van der Waals surface area contributed by atoms with E-state index in [1.54, 1.807) is 12.1 Å². The molecule has 2 aromatic carbocycles. The Morgan fingerprint density at radius 2 is 1.83 bits per heavy atom. The quantitative estimate of drug-likeness (QED) is 0.713. The predicted molar refractivity (Wildman–Crippen MR) is 109 cm³/mol. The molecule has 0 radical (unpaired) electrons. The van der Waals surface area contributed by atoms with Gasteiger partial charge in [-0.25, -0.2) is 4.39 Å². The highest BCUT2D eigenvalue weighted by Gasteiger charge is 2.62. The summed E-state index contributed by atoms with van der Waals surface area (Å²) in [6.45, 7) is 3.82. The highest BCUT2D eigenvalue weighted by molar-refractivity contribution is 9.10. The SMILES string of the molecule is Cc1cc(Oc2ccc(Br)cc2F)cc(C)c1C1C(=O)C2C3CCC(O3)C2C1O. The molecule has 2 aromatic rings. The Morgan fingerprint density at radius 3 is 2.48 bits per heavy atom. The Labute approximate surface area is 177 Å². The zero-order valence-corrected chi connectivity index (χ0v) is 17.8. The topological polar surface area (TPSA) is 55.8 Å². The maximum absolute atomic E-state index is 14.1. The molecule has 1 N–H and O–H groups in total. The fraction of sp³-hybridized carbons (Fsp3) is 0.435. The van der Waals surface area contributed by atoms with Crippen molar-refractivity contribution in [2.45, 2.75) is 50.9 Å². The Balaban J connectivity index is 1.47. The van der Waals surface area contributed by atoms with Crippen molar-refractivity contribution in [1.82, 2.24) is 0 Å². The zero-order chi connectivity index (χ0) is 20.4. The lowest BCUT2D eigenvalue weighted by molar-refractivity contribution is -0.124. The third-order valence-electron chi connectivity index (χ3n) is 6.70. The maximum Gasteiger partial charge on any atom is 0.166 e. The van der Waals surface area contributed by atoms with Crippen molar-refractivity contribution in [3.63, 3.8) is 0 Å². The minimum Gasteiger partial charge on any atom is -0.454 e. The molecule has 0 amide bonds. The van der Waals surface area contributed by atoms with E-state index in [4.69, 9.17) is 9.47 Å². The van der Waals surface area contributed by atoms with Gasteiger partial charge < -0.3 is 14.6 Å². The first-order chi connectivity index (χ1) is 13.8. The zero-order valence-electron chi connectivity index (χ0n) is 16.2. The van der Waals surface area contributed by atoms with Gasteiger partial charge >= 0.3 is 0 Å². The molecule has 6 atom stereocenters. The average molecular weight is 461 g/mol. The minimum atomic E-state index is -0.726. The largest absolute Gasteiger partial charge is 0.454 e. The average Bonchev–Trinajstić information content (AvgIpc) is 3.33. The number of aliphatic hydroxyl groups excluding tert-OH is 1. The summed E-state index contributed by atoms with van der Waals surface area (Å²) in [6, 6.07) is 8.26. The van der Waals surface area contributed by atoms with Crippen LogP contribution in [0.4, 0.5) is 4.39 Å². The number of halogens is 2. The van der Waals surface area contributed by atoms with E-state index in [0.29, 0.717) is 10.2 Å². The second-order valence-corrected chi connectivity index (χ2v) is 9.33. The molecule has 2 aliphatic heterocycles. The van der Waals surface area contributed by atoms with Crippen molar-refractivity contribution in [2.24, 2.45) is 11.8 Å². The van der Waals surface area contributed by atoms with E-state index in [-0.39, 0.29) is 35.6 Å². The Bertz CT molecular complexity index is 983. The van der Waals surface area contributed by atoms with Crippen molar-refractivity contribution in [2.75, 3.05) is 0 Å². The number of carbonyl (C=O) groups excluding carboxylic acids is 1. The Morgan fingerprint density at radius 1 is 1.14 bits per heavy atom. The highest BCUT2D eigenvalue weighted by atomic mass is 79.9. The molecular weight excluding hydrogens is 439 g/mol. The molecule has 2 heterocycles. The molecule has 2 bridgehead atoms. The van der Waals surface area contributed by atoms with Crippen molar-refractivity contribution in [1.29, 1.82) is 0 Å². The first-order valence-electron chi connectivity index (χ1n) is 9.96. The molecule has 0 spiro atoms. The number of rotatable bonds is 3. The van der Waals surface area contributed by atoms with Gasteiger partial charge in [0.05, 0.1) is 30.1 Å². The van der Waals surface area contributed by atoms with Crippen LogP contribution in [0.1, 0.15) is 35.4 Å². The highest BCUT2D eigenvalue weighted by Crippen LogP contribution is 2.55. The van der Waals surface area contributed by atoms with Gasteiger partial charge in [-0.15, -0.1) is 0 Å². The number of benzene rings is 2. The first kappa shape index (κ1) is 19.2. The van der Waals surface area contributed by atoms with Crippen LogP contribution >= 0.6 is 15.9 Å². The fourth-order valence-corrected chi connectivity index (χ4v) is 5.93. The third-order valence-corrected chi connectivity index (χ3v) is 7.19. The third kappa shape index (κ3) is 2.95. The molecule has 1 saturated carbocycles. The van der Waals surface area contributed by atoms with Crippen LogP contribution in [-0.2, 0) is 9.53 Å². The Kier molecular flexibility index (Phi) is 4.57. The monoisotopic (exact) mass is 460 g/mol. The van der Waals surface area contributed by atoms with Crippen molar-refractivity contribution in [3.05, 3.63) is 57.3 Å². The van der Waals surface area contributed by atoms with Crippen LogP contribution in [0.25, 0.3) is 0 Å².